The summed E-state index contributed by atoms with van der Waals surface area (Å²) in [4.78, 5) is 10.9. The number of anilines is 1. The Balaban J connectivity index is 2.76. The van der Waals surface area contributed by atoms with Gasteiger partial charge in [-0.25, -0.2) is 4.79 Å². The fourth-order valence-corrected chi connectivity index (χ4v) is 0.972. The first kappa shape index (κ1) is 9.57. The second-order valence-corrected chi connectivity index (χ2v) is 2.61. The summed E-state index contributed by atoms with van der Waals surface area (Å²) in [6, 6.07) is 1.82. The Hall–Kier alpha value is -1.52. The first-order valence-corrected chi connectivity index (χ1v) is 4.05. The van der Waals surface area contributed by atoms with Crippen LogP contribution in [-0.4, -0.2) is 23.0 Å². The summed E-state index contributed by atoms with van der Waals surface area (Å²) in [6.07, 6.45) is 0.363. The van der Waals surface area contributed by atoms with Crippen LogP contribution in [0.3, 0.4) is 0 Å². The molecule has 1 amide bonds. The molecule has 1 rings (SSSR count). The Labute approximate surface area is 76.7 Å². The summed E-state index contributed by atoms with van der Waals surface area (Å²) in [7, 11) is 3.09. The molecule has 13 heavy (non-hydrogen) atoms. The predicted molar refractivity (Wildman–Crippen MR) is 48.6 cm³/mol. The number of ether oxygens (including phenoxy) is 1. The molecule has 0 aliphatic heterocycles. The molecule has 1 aromatic heterocycles. The van der Waals surface area contributed by atoms with E-state index in [0.29, 0.717) is 5.82 Å². The maximum absolute atomic E-state index is 10.9. The van der Waals surface area contributed by atoms with Gasteiger partial charge in [0.2, 0.25) is 0 Å². The van der Waals surface area contributed by atoms with Crippen molar-refractivity contribution in [1.82, 2.24) is 9.78 Å². The number of aromatic nitrogens is 2. The summed E-state index contributed by atoms with van der Waals surface area (Å²) in [5.74, 6) is 0.642. The molecule has 0 radical (unpaired) electrons. The highest BCUT2D eigenvalue weighted by Gasteiger charge is 2.06. The second kappa shape index (κ2) is 3.93. The van der Waals surface area contributed by atoms with E-state index in [1.54, 1.807) is 11.7 Å². The van der Waals surface area contributed by atoms with Gasteiger partial charge in [-0.3, -0.25) is 10.00 Å². The summed E-state index contributed by atoms with van der Waals surface area (Å²) < 4.78 is 6.07. The Morgan fingerprint density at radius 2 is 2.46 bits per heavy atom. The quantitative estimate of drug-likeness (QED) is 0.748. The van der Waals surface area contributed by atoms with Gasteiger partial charge >= 0.3 is 6.09 Å². The van der Waals surface area contributed by atoms with Gasteiger partial charge in [0.1, 0.15) is 5.82 Å². The van der Waals surface area contributed by atoms with E-state index in [4.69, 9.17) is 0 Å². The number of hydrogen-bond donors (Lipinski definition) is 1. The molecule has 0 aromatic carbocycles. The third-order valence-corrected chi connectivity index (χ3v) is 1.71. The van der Waals surface area contributed by atoms with Crippen LogP contribution in [0.1, 0.15) is 12.6 Å². The second-order valence-electron chi connectivity index (χ2n) is 2.61. The molecule has 1 N–H and O–H groups in total. The Kier molecular flexibility index (Phi) is 2.89. The van der Waals surface area contributed by atoms with E-state index in [0.717, 1.165) is 12.1 Å². The molecule has 5 nitrogen and oxygen atoms in total. The number of methoxy groups -OCH3 is 1. The van der Waals surface area contributed by atoms with Gasteiger partial charge in [0.25, 0.3) is 0 Å². The van der Waals surface area contributed by atoms with Crippen molar-refractivity contribution in [3.63, 3.8) is 0 Å². The van der Waals surface area contributed by atoms with E-state index in [9.17, 15) is 4.79 Å². The molecule has 0 atom stereocenters. The largest absolute Gasteiger partial charge is 0.453 e. The minimum Gasteiger partial charge on any atom is -0.453 e. The number of carbonyl (C=O) groups is 1. The van der Waals surface area contributed by atoms with E-state index in [1.807, 2.05) is 13.0 Å². The van der Waals surface area contributed by atoms with Gasteiger partial charge in [0, 0.05) is 13.1 Å². The first-order chi connectivity index (χ1) is 6.17. The van der Waals surface area contributed by atoms with Crippen molar-refractivity contribution in [3.05, 3.63) is 11.8 Å². The van der Waals surface area contributed by atoms with Crippen molar-refractivity contribution < 1.29 is 9.53 Å². The van der Waals surface area contributed by atoms with E-state index < -0.39 is 6.09 Å². The van der Waals surface area contributed by atoms with Crippen molar-refractivity contribution in [2.75, 3.05) is 12.4 Å². The highest BCUT2D eigenvalue weighted by molar-refractivity contribution is 5.83. The molecule has 5 heteroatoms. The smallest absolute Gasteiger partial charge is 0.412 e. The fourth-order valence-electron chi connectivity index (χ4n) is 0.972. The van der Waals surface area contributed by atoms with Crippen LogP contribution >= 0.6 is 0 Å². The lowest BCUT2D eigenvalue weighted by atomic mass is 10.3. The molecule has 0 saturated heterocycles. The van der Waals surface area contributed by atoms with E-state index in [1.165, 1.54) is 7.11 Å². The first-order valence-electron chi connectivity index (χ1n) is 4.05. The number of nitrogens with one attached hydrogen (secondary N) is 1. The lowest BCUT2D eigenvalue weighted by Gasteiger charge is -2.01. The summed E-state index contributed by atoms with van der Waals surface area (Å²) in [5.41, 5.74) is 0.939. The van der Waals surface area contributed by atoms with Crippen LogP contribution < -0.4 is 5.32 Å². The number of amides is 1. The van der Waals surface area contributed by atoms with Crippen LogP contribution in [0.4, 0.5) is 10.6 Å². The Morgan fingerprint density at radius 1 is 1.77 bits per heavy atom. The molecule has 0 saturated carbocycles. The van der Waals surface area contributed by atoms with Crippen molar-refractivity contribution in [2.24, 2.45) is 7.05 Å². The monoisotopic (exact) mass is 183 g/mol. The standard InChI is InChI=1S/C8H13N3O2/c1-4-6-5-7(11(2)10-6)9-8(12)13-3/h5H,4H2,1-3H3,(H,9,12). The van der Waals surface area contributed by atoms with Crippen LogP contribution in [0.5, 0.6) is 0 Å². The normalized spacial score (nSPS) is 9.77. The van der Waals surface area contributed by atoms with Gasteiger partial charge < -0.3 is 4.74 Å². The third-order valence-electron chi connectivity index (χ3n) is 1.71. The summed E-state index contributed by atoms with van der Waals surface area (Å²) >= 11 is 0. The Morgan fingerprint density at radius 3 is 2.92 bits per heavy atom. The van der Waals surface area contributed by atoms with Crippen LogP contribution in [-0.2, 0) is 18.2 Å². The zero-order valence-electron chi connectivity index (χ0n) is 8.00. The highest BCUT2D eigenvalue weighted by atomic mass is 16.5. The third kappa shape index (κ3) is 2.21. The fraction of sp³-hybridized carbons (Fsp3) is 0.500. The van der Waals surface area contributed by atoms with Crippen molar-refractivity contribution in [3.8, 4) is 0 Å². The lowest BCUT2D eigenvalue weighted by Crippen LogP contribution is -2.13. The average molecular weight is 183 g/mol. The molecule has 0 fully saturated rings. The molecule has 0 unspecified atom stereocenters. The van der Waals surface area contributed by atoms with Crippen molar-refractivity contribution in [1.29, 1.82) is 0 Å². The minimum absolute atomic E-state index is 0.481. The van der Waals surface area contributed by atoms with Crippen LogP contribution in [0, 0.1) is 0 Å². The number of nitrogens with zero attached hydrogens (tertiary/aromatic N) is 2. The highest BCUT2D eigenvalue weighted by Crippen LogP contribution is 2.09. The molecule has 72 valence electrons. The SMILES string of the molecule is CCc1cc(NC(=O)OC)n(C)n1. The van der Waals surface area contributed by atoms with Gasteiger partial charge in [0.15, 0.2) is 0 Å². The average Bonchev–Trinajstić information content (AvgIpc) is 2.47. The molecular formula is C8H13N3O2. The molecule has 0 aliphatic rings. The molecule has 0 aliphatic carbocycles. The van der Waals surface area contributed by atoms with Crippen molar-refractivity contribution >= 4 is 11.9 Å². The lowest BCUT2D eigenvalue weighted by molar-refractivity contribution is 0.186. The molecule has 0 spiro atoms. The van der Waals surface area contributed by atoms with Gasteiger partial charge in [-0.05, 0) is 6.42 Å². The zero-order valence-corrected chi connectivity index (χ0v) is 8.00. The zero-order chi connectivity index (χ0) is 9.84. The van der Waals surface area contributed by atoms with E-state index in [2.05, 4.69) is 15.2 Å². The minimum atomic E-state index is -0.481. The molecule has 1 heterocycles. The number of carbonyl (C=O) groups excluding carboxylic acids is 1. The van der Waals surface area contributed by atoms with Crippen LogP contribution in [0.25, 0.3) is 0 Å². The van der Waals surface area contributed by atoms with Gasteiger partial charge in [-0.1, -0.05) is 6.92 Å². The van der Waals surface area contributed by atoms with E-state index >= 15 is 0 Å². The van der Waals surface area contributed by atoms with Crippen LogP contribution in [0.15, 0.2) is 6.07 Å². The molecule has 0 bridgehead atoms. The maximum Gasteiger partial charge on any atom is 0.412 e. The Bertz CT molecular complexity index is 306. The number of hydrogen-bond acceptors (Lipinski definition) is 3. The van der Waals surface area contributed by atoms with Gasteiger partial charge in [-0.2, -0.15) is 5.10 Å². The summed E-state index contributed by atoms with van der Waals surface area (Å²) in [5, 5.41) is 6.72. The number of rotatable bonds is 2. The topological polar surface area (TPSA) is 56.1 Å². The predicted octanol–water partition coefficient (Wildman–Crippen LogP) is 1.16. The van der Waals surface area contributed by atoms with E-state index in [-0.39, 0.29) is 0 Å². The van der Waals surface area contributed by atoms with Crippen molar-refractivity contribution in [2.45, 2.75) is 13.3 Å². The van der Waals surface area contributed by atoms with Gasteiger partial charge in [0.05, 0.1) is 12.8 Å². The molecular weight excluding hydrogens is 170 g/mol. The summed E-state index contributed by atoms with van der Waals surface area (Å²) in [6.45, 7) is 2.00. The number of aryl methyl sites for hydroxylation is 2. The van der Waals surface area contributed by atoms with Gasteiger partial charge in [-0.15, -0.1) is 0 Å². The maximum atomic E-state index is 10.9. The van der Waals surface area contributed by atoms with Crippen LogP contribution in [0.2, 0.25) is 0 Å². The molecule has 1 aromatic rings.